The lowest BCUT2D eigenvalue weighted by Gasteiger charge is -2.26. The van der Waals surface area contributed by atoms with Crippen LogP contribution in [0.15, 0.2) is 65.6 Å². The van der Waals surface area contributed by atoms with E-state index in [1.165, 1.54) is 23.5 Å². The van der Waals surface area contributed by atoms with Gasteiger partial charge in [-0.3, -0.25) is 4.79 Å². The van der Waals surface area contributed by atoms with Crippen LogP contribution in [0.3, 0.4) is 0 Å². The van der Waals surface area contributed by atoms with E-state index in [-0.39, 0.29) is 10.8 Å². The predicted octanol–water partition coefficient (Wildman–Crippen LogP) is 4.82. The molecule has 1 atom stereocenters. The summed E-state index contributed by atoms with van der Waals surface area (Å²) in [6, 6.07) is 18.2. The van der Waals surface area contributed by atoms with Gasteiger partial charge in [0.1, 0.15) is 11.5 Å². The fourth-order valence-corrected chi connectivity index (χ4v) is 5.68. The number of methoxy groups -OCH3 is 1. The Hall–Kier alpha value is -3.10. The minimum absolute atomic E-state index is 0.133. The van der Waals surface area contributed by atoms with Gasteiger partial charge in [0, 0.05) is 13.1 Å². The first-order valence-corrected chi connectivity index (χ1v) is 13.0. The van der Waals surface area contributed by atoms with Crippen molar-refractivity contribution in [3.63, 3.8) is 0 Å². The zero-order valence-electron chi connectivity index (χ0n) is 19.5. The van der Waals surface area contributed by atoms with Crippen molar-refractivity contribution in [2.45, 2.75) is 43.6 Å². The first-order valence-electron chi connectivity index (χ1n) is 11.6. The molecule has 1 aliphatic heterocycles. The van der Waals surface area contributed by atoms with Crippen molar-refractivity contribution in [1.82, 2.24) is 4.31 Å². The van der Waals surface area contributed by atoms with Gasteiger partial charge in [-0.25, -0.2) is 8.42 Å². The van der Waals surface area contributed by atoms with E-state index in [2.05, 4.69) is 5.32 Å². The second-order valence-electron chi connectivity index (χ2n) is 8.34. The van der Waals surface area contributed by atoms with E-state index >= 15 is 0 Å². The van der Waals surface area contributed by atoms with Crippen LogP contribution in [0.2, 0.25) is 0 Å². The summed E-state index contributed by atoms with van der Waals surface area (Å²) in [4.78, 5) is 13.2. The second-order valence-corrected chi connectivity index (χ2v) is 10.3. The number of carbonyl (C=O) groups is 1. The molecule has 4 rings (SSSR count). The van der Waals surface area contributed by atoms with E-state index in [0.717, 1.165) is 30.0 Å². The van der Waals surface area contributed by atoms with Crippen molar-refractivity contribution in [3.8, 4) is 11.5 Å². The molecule has 0 aliphatic carbocycles. The zero-order valence-corrected chi connectivity index (χ0v) is 20.3. The SMILES string of the molecule is CC[C@@H](Oc1ccc2ccccc2c1)C(=O)Nc1cc(S(=O)(=O)N2CCCCC2)ccc1OC. The number of rotatable bonds is 8. The normalized spacial score (nSPS) is 15.6. The van der Waals surface area contributed by atoms with E-state index < -0.39 is 16.1 Å². The van der Waals surface area contributed by atoms with Crippen molar-refractivity contribution >= 4 is 32.4 Å². The van der Waals surface area contributed by atoms with Crippen LogP contribution in [0.1, 0.15) is 32.6 Å². The molecule has 0 unspecified atom stereocenters. The molecule has 180 valence electrons. The zero-order chi connectivity index (χ0) is 24.1. The lowest BCUT2D eigenvalue weighted by molar-refractivity contribution is -0.122. The molecule has 34 heavy (non-hydrogen) atoms. The highest BCUT2D eigenvalue weighted by molar-refractivity contribution is 7.89. The minimum atomic E-state index is -3.65. The molecule has 0 spiro atoms. The largest absolute Gasteiger partial charge is 0.495 e. The van der Waals surface area contributed by atoms with Gasteiger partial charge in [-0.1, -0.05) is 43.7 Å². The lowest BCUT2D eigenvalue weighted by Crippen LogP contribution is -2.35. The van der Waals surface area contributed by atoms with E-state index in [1.807, 2.05) is 49.4 Å². The highest BCUT2D eigenvalue weighted by Crippen LogP contribution is 2.30. The number of benzene rings is 3. The smallest absolute Gasteiger partial charge is 0.265 e. The van der Waals surface area contributed by atoms with Gasteiger partial charge < -0.3 is 14.8 Å². The number of hydrogen-bond donors (Lipinski definition) is 1. The van der Waals surface area contributed by atoms with Crippen LogP contribution in [0.4, 0.5) is 5.69 Å². The summed E-state index contributed by atoms with van der Waals surface area (Å²) >= 11 is 0. The molecule has 0 saturated carbocycles. The maximum absolute atomic E-state index is 13.1. The number of fused-ring (bicyclic) bond motifs is 1. The van der Waals surface area contributed by atoms with Crippen LogP contribution in [0.25, 0.3) is 10.8 Å². The summed E-state index contributed by atoms with van der Waals surface area (Å²) in [6.45, 7) is 2.88. The van der Waals surface area contributed by atoms with Crippen molar-refractivity contribution < 1.29 is 22.7 Å². The van der Waals surface area contributed by atoms with Gasteiger partial charge in [-0.2, -0.15) is 4.31 Å². The van der Waals surface area contributed by atoms with Gasteiger partial charge in [0.25, 0.3) is 5.91 Å². The topological polar surface area (TPSA) is 84.9 Å². The second kappa shape index (κ2) is 10.4. The van der Waals surface area contributed by atoms with E-state index in [1.54, 1.807) is 6.07 Å². The highest BCUT2D eigenvalue weighted by atomic mass is 32.2. The summed E-state index contributed by atoms with van der Waals surface area (Å²) in [5, 5.41) is 4.92. The molecule has 1 heterocycles. The van der Waals surface area contributed by atoms with Crippen molar-refractivity contribution in [3.05, 3.63) is 60.7 Å². The van der Waals surface area contributed by atoms with E-state index in [9.17, 15) is 13.2 Å². The summed E-state index contributed by atoms with van der Waals surface area (Å²) in [5.41, 5.74) is 0.297. The number of piperidine rings is 1. The fourth-order valence-electron chi connectivity index (χ4n) is 4.14. The molecule has 1 fully saturated rings. The van der Waals surface area contributed by atoms with Gasteiger partial charge in [0.15, 0.2) is 6.10 Å². The number of nitrogens with one attached hydrogen (secondary N) is 1. The number of nitrogens with zero attached hydrogens (tertiary/aromatic N) is 1. The molecule has 0 aromatic heterocycles. The van der Waals surface area contributed by atoms with Crippen LogP contribution in [-0.2, 0) is 14.8 Å². The summed E-state index contributed by atoms with van der Waals surface area (Å²) in [6.07, 6.45) is 2.42. The van der Waals surface area contributed by atoms with Crippen LogP contribution in [-0.4, -0.2) is 44.9 Å². The molecule has 0 radical (unpaired) electrons. The Morgan fingerprint density at radius 2 is 1.74 bits per heavy atom. The maximum atomic E-state index is 13.1. The average molecular weight is 483 g/mol. The Bertz CT molecular complexity index is 1270. The summed E-state index contributed by atoms with van der Waals surface area (Å²) < 4.78 is 39.1. The number of sulfonamides is 1. The molecule has 1 amide bonds. The van der Waals surface area contributed by atoms with E-state index in [0.29, 0.717) is 36.7 Å². The van der Waals surface area contributed by atoms with Crippen molar-refractivity contribution in [1.29, 1.82) is 0 Å². The van der Waals surface area contributed by atoms with Gasteiger partial charge in [0.05, 0.1) is 17.7 Å². The lowest BCUT2D eigenvalue weighted by atomic mass is 10.1. The average Bonchev–Trinajstić information content (AvgIpc) is 2.87. The van der Waals surface area contributed by atoms with Gasteiger partial charge in [-0.15, -0.1) is 0 Å². The third-order valence-corrected chi connectivity index (χ3v) is 7.94. The monoisotopic (exact) mass is 482 g/mol. The highest BCUT2D eigenvalue weighted by Gasteiger charge is 2.27. The molecule has 1 aliphatic rings. The number of carbonyl (C=O) groups excluding carboxylic acids is 1. The van der Waals surface area contributed by atoms with Gasteiger partial charge in [0.2, 0.25) is 10.0 Å². The van der Waals surface area contributed by atoms with Crippen LogP contribution in [0, 0.1) is 0 Å². The molecular formula is C26H30N2O5S. The van der Waals surface area contributed by atoms with Crippen LogP contribution < -0.4 is 14.8 Å². The molecule has 1 N–H and O–H groups in total. The number of ether oxygens (including phenoxy) is 2. The number of amides is 1. The van der Waals surface area contributed by atoms with E-state index in [4.69, 9.17) is 9.47 Å². The summed E-state index contributed by atoms with van der Waals surface area (Å²) in [5.74, 6) is 0.599. The Labute approximate surface area is 200 Å². The third kappa shape index (κ3) is 5.18. The third-order valence-electron chi connectivity index (χ3n) is 6.04. The molecule has 8 heteroatoms. The van der Waals surface area contributed by atoms with Gasteiger partial charge in [-0.05, 0) is 60.4 Å². The fraction of sp³-hybridized carbons (Fsp3) is 0.346. The molecule has 7 nitrogen and oxygen atoms in total. The van der Waals surface area contributed by atoms with Crippen LogP contribution >= 0.6 is 0 Å². The number of anilines is 1. The molecule has 0 bridgehead atoms. The Balaban J connectivity index is 1.54. The molecule has 3 aromatic rings. The van der Waals surface area contributed by atoms with Crippen molar-refractivity contribution in [2.24, 2.45) is 0 Å². The Morgan fingerprint density at radius 3 is 2.44 bits per heavy atom. The molecule has 1 saturated heterocycles. The quantitative estimate of drug-likeness (QED) is 0.498. The minimum Gasteiger partial charge on any atom is -0.495 e. The summed E-state index contributed by atoms with van der Waals surface area (Å²) in [7, 11) is -2.17. The first-order chi connectivity index (χ1) is 16.4. The maximum Gasteiger partial charge on any atom is 0.265 e. The number of hydrogen-bond acceptors (Lipinski definition) is 5. The Kier molecular flexibility index (Phi) is 7.38. The predicted molar refractivity (Wildman–Crippen MR) is 133 cm³/mol. The molecule has 3 aromatic carbocycles. The van der Waals surface area contributed by atoms with Gasteiger partial charge >= 0.3 is 0 Å². The molecular weight excluding hydrogens is 452 g/mol. The Morgan fingerprint density at radius 1 is 1.00 bits per heavy atom. The van der Waals surface area contributed by atoms with Crippen molar-refractivity contribution in [2.75, 3.05) is 25.5 Å². The standard InChI is InChI=1S/C26H30N2O5S/c1-3-24(33-21-12-11-19-9-5-6-10-20(19)17-21)26(29)27-23-18-22(13-14-25(23)32-2)34(30,31)28-15-7-4-8-16-28/h5-6,9-14,17-18,24H,3-4,7-8,15-16H2,1-2H3,(H,27,29)/t24-/m1/s1. The first kappa shape index (κ1) is 24.0. The van der Waals surface area contributed by atoms with Crippen LogP contribution in [0.5, 0.6) is 11.5 Å².